The van der Waals surface area contributed by atoms with Crippen LogP contribution in [0, 0.1) is 0 Å². The average molecular weight is 442 g/mol. The Bertz CT molecular complexity index is 1300. The Hall–Kier alpha value is -2.52. The van der Waals surface area contributed by atoms with E-state index in [4.69, 9.17) is 4.98 Å². The summed E-state index contributed by atoms with van der Waals surface area (Å²) in [5.74, 6) is 0.842. The van der Waals surface area contributed by atoms with Gasteiger partial charge in [-0.25, -0.2) is 13.4 Å². The van der Waals surface area contributed by atoms with Crippen molar-refractivity contribution in [2.45, 2.75) is 48.9 Å². The molecule has 0 aliphatic carbocycles. The van der Waals surface area contributed by atoms with Crippen molar-refractivity contribution in [1.82, 2.24) is 19.8 Å². The first-order chi connectivity index (χ1) is 14.6. The summed E-state index contributed by atoms with van der Waals surface area (Å²) >= 11 is 1.60. The maximum Gasteiger partial charge on any atom is 0.229 e. The molecule has 1 aliphatic heterocycles. The summed E-state index contributed by atoms with van der Waals surface area (Å²) in [7, 11) is -3.83. The molecule has 5 rings (SSSR count). The third-order valence-corrected chi connectivity index (χ3v) is 8.27. The number of aryl methyl sites for hydroxylation is 1. The summed E-state index contributed by atoms with van der Waals surface area (Å²) < 4.78 is 29.3. The van der Waals surface area contributed by atoms with Crippen LogP contribution in [-0.2, 0) is 16.3 Å². The quantitative estimate of drug-likeness (QED) is 0.474. The molecule has 0 bridgehead atoms. The lowest BCUT2D eigenvalue weighted by atomic mass is 10.2. The van der Waals surface area contributed by atoms with Crippen LogP contribution < -0.4 is 4.90 Å². The van der Waals surface area contributed by atoms with Crippen molar-refractivity contribution in [2.75, 3.05) is 18.0 Å². The van der Waals surface area contributed by atoms with Crippen molar-refractivity contribution in [3.05, 3.63) is 41.3 Å². The van der Waals surface area contributed by atoms with Gasteiger partial charge in [0, 0.05) is 13.1 Å². The number of hydrogen-bond acceptors (Lipinski definition) is 7. The molecule has 0 unspecified atom stereocenters. The van der Waals surface area contributed by atoms with E-state index in [1.807, 2.05) is 30.5 Å². The Morgan fingerprint density at radius 1 is 1.03 bits per heavy atom. The smallest absolute Gasteiger partial charge is 0.229 e. The Balaban J connectivity index is 1.69. The van der Waals surface area contributed by atoms with Crippen molar-refractivity contribution >= 4 is 42.9 Å². The average Bonchev–Trinajstić information content (AvgIpc) is 3.33. The van der Waals surface area contributed by atoms with Gasteiger partial charge in [-0.2, -0.15) is 4.52 Å². The second kappa shape index (κ2) is 7.63. The fourth-order valence-electron chi connectivity index (χ4n) is 3.99. The van der Waals surface area contributed by atoms with Crippen LogP contribution in [0.2, 0.25) is 0 Å². The molecule has 4 heterocycles. The van der Waals surface area contributed by atoms with Crippen LogP contribution in [0.4, 0.5) is 5.82 Å². The lowest BCUT2D eigenvalue weighted by Gasteiger charge is -2.22. The first-order valence-electron chi connectivity index (χ1n) is 10.3. The van der Waals surface area contributed by atoms with Gasteiger partial charge in [-0.1, -0.05) is 37.1 Å². The molecule has 0 N–H and O–H groups in total. The van der Waals surface area contributed by atoms with E-state index in [1.165, 1.54) is 12.8 Å². The SMILES string of the molecule is CCc1ccc(S(=O)(=O)c2nnn3c2nc(N2CCCCCC2)c2sccc23)cc1. The zero-order chi connectivity index (χ0) is 20.7. The highest BCUT2D eigenvalue weighted by Gasteiger charge is 2.28. The maximum atomic E-state index is 13.4. The molecule has 1 aromatic carbocycles. The molecule has 9 heteroatoms. The number of anilines is 1. The number of hydrogen-bond donors (Lipinski definition) is 0. The summed E-state index contributed by atoms with van der Waals surface area (Å²) in [6.45, 7) is 3.90. The minimum absolute atomic E-state index is 0.0871. The Morgan fingerprint density at radius 2 is 1.77 bits per heavy atom. The van der Waals surface area contributed by atoms with Crippen molar-refractivity contribution in [2.24, 2.45) is 0 Å². The summed E-state index contributed by atoms with van der Waals surface area (Å²) in [4.78, 5) is 7.32. The van der Waals surface area contributed by atoms with E-state index in [9.17, 15) is 8.42 Å². The van der Waals surface area contributed by atoms with Crippen molar-refractivity contribution in [1.29, 1.82) is 0 Å². The predicted molar refractivity (Wildman–Crippen MR) is 118 cm³/mol. The molecule has 7 nitrogen and oxygen atoms in total. The zero-order valence-corrected chi connectivity index (χ0v) is 18.4. The van der Waals surface area contributed by atoms with E-state index in [-0.39, 0.29) is 9.92 Å². The molecule has 1 aliphatic rings. The number of thiophene rings is 1. The van der Waals surface area contributed by atoms with E-state index in [0.717, 1.165) is 53.9 Å². The van der Waals surface area contributed by atoms with Gasteiger partial charge in [0.15, 0.2) is 11.5 Å². The van der Waals surface area contributed by atoms with Gasteiger partial charge >= 0.3 is 0 Å². The summed E-state index contributed by atoms with van der Waals surface area (Å²) in [6, 6.07) is 8.91. The van der Waals surface area contributed by atoms with Gasteiger partial charge in [0.2, 0.25) is 14.9 Å². The Morgan fingerprint density at radius 3 is 2.47 bits per heavy atom. The fourth-order valence-corrected chi connectivity index (χ4v) is 6.12. The van der Waals surface area contributed by atoms with Crippen LogP contribution in [0.5, 0.6) is 0 Å². The molecular formula is C21H23N5O2S2. The van der Waals surface area contributed by atoms with E-state index < -0.39 is 9.84 Å². The lowest BCUT2D eigenvalue weighted by Crippen LogP contribution is -2.25. The number of aromatic nitrogens is 4. The van der Waals surface area contributed by atoms with Gasteiger partial charge in [0.25, 0.3) is 0 Å². The van der Waals surface area contributed by atoms with Crippen molar-refractivity contribution in [3.63, 3.8) is 0 Å². The molecule has 1 fully saturated rings. The third kappa shape index (κ3) is 3.16. The first kappa shape index (κ1) is 19.4. The van der Waals surface area contributed by atoms with Gasteiger partial charge in [0.05, 0.1) is 15.1 Å². The molecule has 0 atom stereocenters. The Kier molecular flexibility index (Phi) is 4.94. The van der Waals surface area contributed by atoms with Gasteiger partial charge in [-0.3, -0.25) is 0 Å². The van der Waals surface area contributed by atoms with Gasteiger partial charge in [-0.15, -0.1) is 16.4 Å². The normalized spacial score (nSPS) is 15.7. The minimum Gasteiger partial charge on any atom is -0.355 e. The van der Waals surface area contributed by atoms with E-state index in [1.54, 1.807) is 28.0 Å². The van der Waals surface area contributed by atoms with E-state index in [2.05, 4.69) is 15.2 Å². The predicted octanol–water partition coefficient (Wildman–Crippen LogP) is 4.11. The highest BCUT2D eigenvalue weighted by atomic mass is 32.2. The van der Waals surface area contributed by atoms with Crippen LogP contribution in [0.25, 0.3) is 15.9 Å². The maximum absolute atomic E-state index is 13.4. The molecule has 0 saturated carbocycles. The van der Waals surface area contributed by atoms with Crippen LogP contribution in [-0.4, -0.2) is 41.3 Å². The largest absolute Gasteiger partial charge is 0.355 e. The molecule has 30 heavy (non-hydrogen) atoms. The summed E-state index contributed by atoms with van der Waals surface area (Å²) in [6.07, 6.45) is 5.52. The van der Waals surface area contributed by atoms with Crippen LogP contribution in [0.3, 0.4) is 0 Å². The lowest BCUT2D eigenvalue weighted by molar-refractivity contribution is 0.592. The molecule has 156 valence electrons. The highest BCUT2D eigenvalue weighted by Crippen LogP contribution is 2.34. The molecule has 1 saturated heterocycles. The van der Waals surface area contributed by atoms with Crippen molar-refractivity contribution < 1.29 is 8.42 Å². The van der Waals surface area contributed by atoms with Gasteiger partial charge in [0.1, 0.15) is 0 Å². The standard InChI is InChI=1S/C21H23N5O2S2/c1-2-15-7-9-16(10-8-15)30(27,28)21-20-22-19(25-12-5-3-4-6-13-25)18-17(11-14-29-18)26(20)24-23-21/h7-11,14H,2-6,12-13H2,1H3. The van der Waals surface area contributed by atoms with E-state index in [0.29, 0.717) is 5.65 Å². The molecular weight excluding hydrogens is 418 g/mol. The Labute approximate surface area is 179 Å². The molecule has 3 aromatic heterocycles. The number of sulfone groups is 1. The second-order valence-electron chi connectivity index (χ2n) is 7.60. The number of rotatable bonds is 4. The van der Waals surface area contributed by atoms with E-state index >= 15 is 0 Å². The zero-order valence-electron chi connectivity index (χ0n) is 16.8. The second-order valence-corrected chi connectivity index (χ2v) is 10.4. The number of nitrogens with zero attached hydrogens (tertiary/aromatic N) is 5. The highest BCUT2D eigenvalue weighted by molar-refractivity contribution is 7.91. The summed E-state index contributed by atoms with van der Waals surface area (Å²) in [5, 5.41) is 10.1. The number of benzene rings is 1. The summed E-state index contributed by atoms with van der Waals surface area (Å²) in [5.41, 5.74) is 2.22. The molecule has 4 aromatic rings. The minimum atomic E-state index is -3.83. The third-order valence-electron chi connectivity index (χ3n) is 5.71. The fraction of sp³-hybridized carbons (Fsp3) is 0.381. The van der Waals surface area contributed by atoms with Crippen LogP contribution in [0.1, 0.15) is 38.2 Å². The van der Waals surface area contributed by atoms with Crippen LogP contribution in [0.15, 0.2) is 45.6 Å². The topological polar surface area (TPSA) is 80.5 Å². The van der Waals surface area contributed by atoms with Gasteiger partial charge < -0.3 is 4.90 Å². The van der Waals surface area contributed by atoms with Crippen molar-refractivity contribution in [3.8, 4) is 0 Å². The van der Waals surface area contributed by atoms with Gasteiger partial charge in [-0.05, 0) is 48.4 Å². The van der Waals surface area contributed by atoms with Crippen LogP contribution >= 0.6 is 11.3 Å². The molecule has 0 spiro atoms. The number of fused-ring (bicyclic) bond motifs is 3. The monoisotopic (exact) mass is 441 g/mol. The molecule has 0 amide bonds. The first-order valence-corrected chi connectivity index (χ1v) is 12.7. The molecule has 0 radical (unpaired) electrons.